The quantitative estimate of drug-likeness (QED) is 0.903. The molecule has 2 aromatic heterocycles. The van der Waals surface area contributed by atoms with E-state index in [-0.39, 0.29) is 17.9 Å². The second-order valence-electron chi connectivity index (χ2n) is 6.00. The number of rotatable bonds is 5. The molecule has 0 saturated carbocycles. The molecule has 0 aliphatic carbocycles. The molecule has 118 valence electrons. The number of amides is 1. The zero-order valence-electron chi connectivity index (χ0n) is 13.0. The summed E-state index contributed by atoms with van der Waals surface area (Å²) in [6.07, 6.45) is 6.45. The summed E-state index contributed by atoms with van der Waals surface area (Å²) in [4.78, 5) is 20.6. The molecule has 3 heterocycles. The molecule has 1 N–H and O–H groups in total. The van der Waals surface area contributed by atoms with Crippen LogP contribution in [0.25, 0.3) is 0 Å². The molecule has 7 nitrogen and oxygen atoms in total. The molecule has 3 rings (SSSR count). The van der Waals surface area contributed by atoms with Gasteiger partial charge in [-0.2, -0.15) is 4.98 Å². The minimum atomic E-state index is 0.0258. The number of hydrogen-bond donors (Lipinski definition) is 1. The van der Waals surface area contributed by atoms with Gasteiger partial charge in [0.05, 0.1) is 0 Å². The third kappa shape index (κ3) is 3.35. The van der Waals surface area contributed by atoms with Crippen LogP contribution in [0.5, 0.6) is 0 Å². The smallest absolute Gasteiger partial charge is 0.227 e. The van der Waals surface area contributed by atoms with Crippen molar-refractivity contribution in [3.8, 4) is 0 Å². The lowest BCUT2D eigenvalue weighted by molar-refractivity contribution is -0.122. The lowest BCUT2D eigenvalue weighted by Gasteiger charge is -2.24. The summed E-state index contributed by atoms with van der Waals surface area (Å²) in [5.41, 5.74) is 0. The second kappa shape index (κ2) is 6.29. The Kier molecular flexibility index (Phi) is 4.22. The zero-order valence-corrected chi connectivity index (χ0v) is 13.0. The van der Waals surface area contributed by atoms with E-state index in [0.717, 1.165) is 25.2 Å². The predicted molar refractivity (Wildman–Crippen MR) is 79.2 cm³/mol. The van der Waals surface area contributed by atoms with Crippen LogP contribution in [0.15, 0.2) is 16.9 Å². The van der Waals surface area contributed by atoms with Crippen molar-refractivity contribution in [3.05, 3.63) is 29.9 Å². The van der Waals surface area contributed by atoms with Crippen molar-refractivity contribution in [3.63, 3.8) is 0 Å². The van der Waals surface area contributed by atoms with E-state index < -0.39 is 0 Å². The number of nitrogens with one attached hydrogen (secondary N) is 1. The van der Waals surface area contributed by atoms with Crippen LogP contribution in [-0.4, -0.2) is 31.6 Å². The first-order valence-electron chi connectivity index (χ1n) is 7.73. The van der Waals surface area contributed by atoms with Crippen molar-refractivity contribution < 1.29 is 9.32 Å². The van der Waals surface area contributed by atoms with E-state index in [2.05, 4.69) is 25.0 Å². The first-order chi connectivity index (χ1) is 10.6. The molecule has 0 fully saturated rings. The number of aromatic nitrogens is 4. The summed E-state index contributed by atoms with van der Waals surface area (Å²) in [6.45, 7) is 4.81. The van der Waals surface area contributed by atoms with Gasteiger partial charge in [-0.15, -0.1) is 0 Å². The maximum absolute atomic E-state index is 12.0. The van der Waals surface area contributed by atoms with Gasteiger partial charge in [0, 0.05) is 50.2 Å². The number of aryl methyl sites for hydroxylation is 2. The number of fused-ring (bicyclic) bond motifs is 1. The summed E-state index contributed by atoms with van der Waals surface area (Å²) in [5.74, 6) is 2.57. The molecule has 2 aromatic rings. The van der Waals surface area contributed by atoms with Gasteiger partial charge in [0.25, 0.3) is 0 Å². The lowest BCUT2D eigenvalue weighted by Crippen LogP contribution is -2.41. The van der Waals surface area contributed by atoms with Gasteiger partial charge >= 0.3 is 0 Å². The van der Waals surface area contributed by atoms with Crippen LogP contribution in [0.2, 0.25) is 0 Å². The van der Waals surface area contributed by atoms with Gasteiger partial charge in [-0.3, -0.25) is 4.79 Å². The zero-order chi connectivity index (χ0) is 15.5. The van der Waals surface area contributed by atoms with Crippen molar-refractivity contribution in [2.45, 2.75) is 58.0 Å². The van der Waals surface area contributed by atoms with E-state index in [9.17, 15) is 4.79 Å². The molecular formula is C15H21N5O2. The lowest BCUT2D eigenvalue weighted by atomic mass is 10.1. The summed E-state index contributed by atoms with van der Waals surface area (Å²) in [6, 6.07) is 0.170. The molecule has 1 aliphatic heterocycles. The highest BCUT2D eigenvalue weighted by Crippen LogP contribution is 2.14. The van der Waals surface area contributed by atoms with Crippen molar-refractivity contribution in [1.29, 1.82) is 0 Å². The summed E-state index contributed by atoms with van der Waals surface area (Å²) >= 11 is 0. The average Bonchev–Trinajstić information content (AvgIpc) is 3.13. The predicted octanol–water partition coefficient (Wildman–Crippen LogP) is 1.45. The van der Waals surface area contributed by atoms with Gasteiger partial charge in [-0.05, 0) is 6.42 Å². The fraction of sp³-hybridized carbons (Fsp3) is 0.600. The molecule has 22 heavy (non-hydrogen) atoms. The Morgan fingerprint density at radius 3 is 3.18 bits per heavy atom. The minimum absolute atomic E-state index is 0.0258. The third-order valence-electron chi connectivity index (χ3n) is 3.87. The average molecular weight is 303 g/mol. The SMILES string of the molecule is CC(C)c1noc(CCC(=O)N[C@H]2CCc3nccn3C2)n1. The first-order valence-corrected chi connectivity index (χ1v) is 7.73. The van der Waals surface area contributed by atoms with Crippen LogP contribution in [0, 0.1) is 0 Å². The molecule has 7 heteroatoms. The summed E-state index contributed by atoms with van der Waals surface area (Å²) in [5, 5.41) is 6.97. The van der Waals surface area contributed by atoms with Gasteiger partial charge in [-0.1, -0.05) is 19.0 Å². The Bertz CT molecular complexity index is 646. The molecule has 1 atom stereocenters. The highest BCUT2D eigenvalue weighted by atomic mass is 16.5. The van der Waals surface area contributed by atoms with Gasteiger partial charge in [0.2, 0.25) is 11.8 Å². The van der Waals surface area contributed by atoms with Crippen LogP contribution in [0.1, 0.15) is 50.1 Å². The van der Waals surface area contributed by atoms with Crippen LogP contribution in [0.4, 0.5) is 0 Å². The van der Waals surface area contributed by atoms with Gasteiger partial charge in [0.1, 0.15) is 5.82 Å². The Balaban J connectivity index is 1.46. The van der Waals surface area contributed by atoms with Gasteiger partial charge < -0.3 is 14.4 Å². The number of nitrogens with zero attached hydrogens (tertiary/aromatic N) is 4. The second-order valence-corrected chi connectivity index (χ2v) is 6.00. The topological polar surface area (TPSA) is 85.8 Å². The Morgan fingerprint density at radius 1 is 1.55 bits per heavy atom. The number of carbonyl (C=O) groups excluding carboxylic acids is 1. The van der Waals surface area contributed by atoms with Gasteiger partial charge in [0.15, 0.2) is 5.82 Å². The molecule has 1 amide bonds. The van der Waals surface area contributed by atoms with Gasteiger partial charge in [-0.25, -0.2) is 4.98 Å². The summed E-state index contributed by atoms with van der Waals surface area (Å²) < 4.78 is 7.25. The number of imidazole rings is 1. The molecule has 0 saturated heterocycles. The van der Waals surface area contributed by atoms with E-state index in [0.29, 0.717) is 24.6 Å². The standard InChI is InChI=1S/C15H21N5O2/c1-10(2)15-18-14(22-19-15)6-5-13(21)17-11-3-4-12-16-7-8-20(12)9-11/h7-8,10-11H,3-6,9H2,1-2H3,(H,17,21)/t11-/m0/s1. The maximum Gasteiger partial charge on any atom is 0.227 e. The van der Waals surface area contributed by atoms with Crippen molar-refractivity contribution >= 4 is 5.91 Å². The number of carbonyl (C=O) groups is 1. The van der Waals surface area contributed by atoms with Crippen LogP contribution in [-0.2, 0) is 24.2 Å². The first kappa shape index (κ1) is 14.7. The normalized spacial score (nSPS) is 17.5. The highest BCUT2D eigenvalue weighted by Gasteiger charge is 2.20. The Labute approximate surface area is 129 Å². The fourth-order valence-corrected chi connectivity index (χ4v) is 2.61. The fourth-order valence-electron chi connectivity index (χ4n) is 2.61. The minimum Gasteiger partial charge on any atom is -0.352 e. The Morgan fingerprint density at radius 2 is 2.41 bits per heavy atom. The van der Waals surface area contributed by atoms with Crippen LogP contribution in [0.3, 0.4) is 0 Å². The van der Waals surface area contributed by atoms with Crippen LogP contribution >= 0.6 is 0 Å². The van der Waals surface area contributed by atoms with Crippen molar-refractivity contribution in [2.24, 2.45) is 0 Å². The molecule has 0 bridgehead atoms. The maximum atomic E-state index is 12.0. The van der Waals surface area contributed by atoms with E-state index in [4.69, 9.17) is 4.52 Å². The van der Waals surface area contributed by atoms with E-state index >= 15 is 0 Å². The van der Waals surface area contributed by atoms with Crippen molar-refractivity contribution in [2.75, 3.05) is 0 Å². The summed E-state index contributed by atoms with van der Waals surface area (Å²) in [7, 11) is 0. The van der Waals surface area contributed by atoms with E-state index in [1.165, 1.54) is 0 Å². The third-order valence-corrected chi connectivity index (χ3v) is 3.87. The van der Waals surface area contributed by atoms with Crippen LogP contribution < -0.4 is 5.32 Å². The molecule has 1 aliphatic rings. The largest absolute Gasteiger partial charge is 0.352 e. The van der Waals surface area contributed by atoms with Crippen molar-refractivity contribution in [1.82, 2.24) is 25.0 Å². The number of hydrogen-bond acceptors (Lipinski definition) is 5. The molecule has 0 unspecified atom stereocenters. The van der Waals surface area contributed by atoms with E-state index in [1.807, 2.05) is 20.0 Å². The molecule has 0 spiro atoms. The molecule has 0 radical (unpaired) electrons. The molecule has 0 aromatic carbocycles. The monoisotopic (exact) mass is 303 g/mol. The highest BCUT2D eigenvalue weighted by molar-refractivity contribution is 5.76. The molecular weight excluding hydrogens is 282 g/mol. The van der Waals surface area contributed by atoms with E-state index in [1.54, 1.807) is 6.20 Å². The Hall–Kier alpha value is -2.18.